The fourth-order valence-corrected chi connectivity index (χ4v) is 4.35. The van der Waals surface area contributed by atoms with Gasteiger partial charge in [0.25, 0.3) is 11.8 Å². The van der Waals surface area contributed by atoms with E-state index in [2.05, 4.69) is 20.6 Å². The molecule has 1 aliphatic rings. The van der Waals surface area contributed by atoms with E-state index in [1.165, 1.54) is 0 Å². The van der Waals surface area contributed by atoms with E-state index in [-0.39, 0.29) is 18.4 Å². The Morgan fingerprint density at radius 2 is 1.83 bits per heavy atom. The van der Waals surface area contributed by atoms with Crippen LogP contribution in [0, 0.1) is 6.92 Å². The van der Waals surface area contributed by atoms with Crippen LogP contribution in [0.5, 0.6) is 0 Å². The van der Waals surface area contributed by atoms with Gasteiger partial charge in [-0.05, 0) is 41.8 Å². The van der Waals surface area contributed by atoms with Crippen LogP contribution in [-0.4, -0.2) is 33.5 Å². The van der Waals surface area contributed by atoms with Crippen molar-refractivity contribution in [3.63, 3.8) is 0 Å². The van der Waals surface area contributed by atoms with Crippen LogP contribution in [0.15, 0.2) is 85.2 Å². The number of nitrogens with zero attached hydrogens (tertiary/aromatic N) is 1. The fourth-order valence-electron chi connectivity index (χ4n) is 4.35. The molecule has 5 rings (SSSR count). The first-order valence-electron chi connectivity index (χ1n) is 11.3. The van der Waals surface area contributed by atoms with Gasteiger partial charge in [-0.3, -0.25) is 9.59 Å². The SMILES string of the molecule is Cc1ccccc1/C(=C1/C(=O)Nc2ccc(C(=O)N[C@H](CO)c3ccccc3)cc21)c1ncc[nH]1. The van der Waals surface area contributed by atoms with Gasteiger partial charge >= 0.3 is 0 Å². The van der Waals surface area contributed by atoms with Gasteiger partial charge in [0, 0.05) is 34.8 Å². The number of amides is 2. The molecular formula is C28H24N4O3. The zero-order valence-electron chi connectivity index (χ0n) is 19.1. The van der Waals surface area contributed by atoms with Crippen molar-refractivity contribution < 1.29 is 14.7 Å². The normalized spacial score (nSPS) is 14.7. The number of aliphatic hydroxyl groups excluding tert-OH is 1. The summed E-state index contributed by atoms with van der Waals surface area (Å²) in [4.78, 5) is 33.9. The summed E-state index contributed by atoms with van der Waals surface area (Å²) in [6, 6.07) is 21.6. The van der Waals surface area contributed by atoms with Crippen LogP contribution in [0.25, 0.3) is 11.1 Å². The van der Waals surface area contributed by atoms with Crippen LogP contribution < -0.4 is 10.6 Å². The quantitative estimate of drug-likeness (QED) is 0.322. The Balaban J connectivity index is 1.59. The highest BCUT2D eigenvalue weighted by atomic mass is 16.3. The Hall–Kier alpha value is -4.49. The van der Waals surface area contributed by atoms with E-state index >= 15 is 0 Å². The highest BCUT2D eigenvalue weighted by molar-refractivity contribution is 6.38. The second kappa shape index (κ2) is 9.40. The second-order valence-corrected chi connectivity index (χ2v) is 8.34. The number of hydrogen-bond donors (Lipinski definition) is 4. The lowest BCUT2D eigenvalue weighted by Gasteiger charge is -2.17. The summed E-state index contributed by atoms with van der Waals surface area (Å²) in [6.07, 6.45) is 3.36. The molecule has 0 saturated carbocycles. The molecule has 4 N–H and O–H groups in total. The van der Waals surface area contributed by atoms with Crippen molar-refractivity contribution in [2.45, 2.75) is 13.0 Å². The molecule has 3 aromatic carbocycles. The van der Waals surface area contributed by atoms with Gasteiger partial charge in [0.1, 0.15) is 5.82 Å². The average molecular weight is 465 g/mol. The molecule has 0 saturated heterocycles. The molecule has 1 aromatic heterocycles. The number of aromatic nitrogens is 2. The van der Waals surface area contributed by atoms with Crippen LogP contribution in [-0.2, 0) is 4.79 Å². The van der Waals surface area contributed by atoms with E-state index in [0.717, 1.165) is 16.7 Å². The lowest BCUT2D eigenvalue weighted by Crippen LogP contribution is -2.30. The smallest absolute Gasteiger partial charge is 0.257 e. The summed E-state index contributed by atoms with van der Waals surface area (Å²) >= 11 is 0. The standard InChI is InChI=1S/C28H24N4O3/c1-17-7-5-6-10-20(17)24(26-29-13-14-30-26)25-21-15-19(11-12-22(21)31-28(25)35)27(34)32-23(16-33)18-8-3-2-4-9-18/h2-15,23,33H,16H2,1H3,(H,29,30)(H,31,35)(H,32,34)/b25-24-/t23-/m1/s1. The minimum absolute atomic E-state index is 0.234. The van der Waals surface area contributed by atoms with Crippen molar-refractivity contribution >= 4 is 28.6 Å². The van der Waals surface area contributed by atoms with Gasteiger partial charge < -0.3 is 20.7 Å². The molecule has 7 nitrogen and oxygen atoms in total. The number of carbonyl (C=O) groups is 2. The molecule has 2 amide bonds. The first kappa shape index (κ1) is 22.3. The lowest BCUT2D eigenvalue weighted by atomic mass is 9.91. The zero-order valence-corrected chi connectivity index (χ0v) is 19.1. The molecule has 0 unspecified atom stereocenters. The number of carbonyl (C=O) groups excluding carboxylic acids is 2. The van der Waals surface area contributed by atoms with Crippen molar-refractivity contribution in [1.82, 2.24) is 15.3 Å². The molecule has 0 aliphatic carbocycles. The van der Waals surface area contributed by atoms with Gasteiger partial charge in [-0.2, -0.15) is 0 Å². The predicted molar refractivity (Wildman–Crippen MR) is 134 cm³/mol. The van der Waals surface area contributed by atoms with Gasteiger partial charge in [-0.25, -0.2) is 4.98 Å². The third-order valence-corrected chi connectivity index (χ3v) is 6.12. The van der Waals surface area contributed by atoms with Crippen LogP contribution >= 0.6 is 0 Å². The van der Waals surface area contributed by atoms with Crippen LogP contribution in [0.2, 0.25) is 0 Å². The van der Waals surface area contributed by atoms with E-state index in [1.807, 2.05) is 61.5 Å². The Labute approximate surface area is 202 Å². The van der Waals surface area contributed by atoms with Crippen molar-refractivity contribution in [3.8, 4) is 0 Å². The molecule has 0 spiro atoms. The van der Waals surface area contributed by atoms with Crippen molar-refractivity contribution in [1.29, 1.82) is 0 Å². The Morgan fingerprint density at radius 3 is 2.54 bits per heavy atom. The molecule has 4 aromatic rings. The number of aryl methyl sites for hydroxylation is 1. The number of nitrogens with one attached hydrogen (secondary N) is 3. The molecule has 174 valence electrons. The maximum Gasteiger partial charge on any atom is 0.257 e. The molecule has 1 atom stereocenters. The molecular weight excluding hydrogens is 440 g/mol. The van der Waals surface area contributed by atoms with Crippen molar-refractivity contribution in [3.05, 3.63) is 119 Å². The monoisotopic (exact) mass is 464 g/mol. The highest BCUT2D eigenvalue weighted by Crippen LogP contribution is 2.40. The molecule has 1 aliphatic heterocycles. The number of fused-ring (bicyclic) bond motifs is 1. The van der Waals surface area contributed by atoms with Gasteiger partial charge in [0.15, 0.2) is 0 Å². The number of imidazole rings is 1. The third kappa shape index (κ3) is 4.25. The third-order valence-electron chi connectivity index (χ3n) is 6.12. The minimum Gasteiger partial charge on any atom is -0.394 e. The maximum atomic E-state index is 13.2. The Morgan fingerprint density at radius 1 is 1.06 bits per heavy atom. The summed E-state index contributed by atoms with van der Waals surface area (Å²) in [6.45, 7) is 1.75. The number of benzene rings is 3. The first-order chi connectivity index (χ1) is 17.1. The second-order valence-electron chi connectivity index (χ2n) is 8.34. The van der Waals surface area contributed by atoms with E-state index in [9.17, 15) is 14.7 Å². The van der Waals surface area contributed by atoms with Gasteiger partial charge in [-0.15, -0.1) is 0 Å². The largest absolute Gasteiger partial charge is 0.394 e. The molecule has 0 fully saturated rings. The fraction of sp³-hybridized carbons (Fsp3) is 0.107. The summed E-state index contributed by atoms with van der Waals surface area (Å²) in [5, 5.41) is 15.6. The van der Waals surface area contributed by atoms with E-state index in [1.54, 1.807) is 30.6 Å². The van der Waals surface area contributed by atoms with E-state index in [0.29, 0.717) is 33.8 Å². The molecule has 35 heavy (non-hydrogen) atoms. The summed E-state index contributed by atoms with van der Waals surface area (Å²) in [5.74, 6) is -0.0360. The van der Waals surface area contributed by atoms with Gasteiger partial charge in [0.2, 0.25) is 0 Å². The number of hydrogen-bond acceptors (Lipinski definition) is 4. The molecule has 0 bridgehead atoms. The van der Waals surface area contributed by atoms with Crippen LogP contribution in [0.3, 0.4) is 0 Å². The summed E-state index contributed by atoms with van der Waals surface area (Å²) in [7, 11) is 0. The predicted octanol–water partition coefficient (Wildman–Crippen LogP) is 4.09. The topological polar surface area (TPSA) is 107 Å². The molecule has 0 radical (unpaired) electrons. The summed E-state index contributed by atoms with van der Waals surface area (Å²) < 4.78 is 0. The van der Waals surface area contributed by atoms with E-state index < -0.39 is 6.04 Å². The van der Waals surface area contributed by atoms with Crippen LogP contribution in [0.4, 0.5) is 5.69 Å². The number of anilines is 1. The first-order valence-corrected chi connectivity index (χ1v) is 11.3. The lowest BCUT2D eigenvalue weighted by molar-refractivity contribution is -0.110. The maximum absolute atomic E-state index is 13.2. The number of H-pyrrole nitrogens is 1. The number of aliphatic hydroxyl groups is 1. The number of rotatable bonds is 6. The van der Waals surface area contributed by atoms with Crippen LogP contribution in [0.1, 0.15) is 44.5 Å². The van der Waals surface area contributed by atoms with Crippen molar-refractivity contribution in [2.75, 3.05) is 11.9 Å². The van der Waals surface area contributed by atoms with E-state index in [4.69, 9.17) is 0 Å². The average Bonchev–Trinajstić information content (AvgIpc) is 3.52. The summed E-state index contributed by atoms with van der Waals surface area (Å²) in [5.41, 5.74) is 5.42. The van der Waals surface area contributed by atoms with Crippen molar-refractivity contribution in [2.24, 2.45) is 0 Å². The Bertz CT molecular complexity index is 1430. The minimum atomic E-state index is -0.544. The van der Waals surface area contributed by atoms with Gasteiger partial charge in [0.05, 0.1) is 18.2 Å². The molecule has 2 heterocycles. The zero-order chi connectivity index (χ0) is 24.4. The van der Waals surface area contributed by atoms with Gasteiger partial charge in [-0.1, -0.05) is 54.6 Å². The Kier molecular flexibility index (Phi) is 5.99. The number of aromatic amines is 1. The molecule has 7 heteroatoms. The highest BCUT2D eigenvalue weighted by Gasteiger charge is 2.31.